The molecule has 0 amide bonds. The first-order valence-corrected chi connectivity index (χ1v) is 2.16. The van der Waals surface area contributed by atoms with Gasteiger partial charge in [-0.15, -0.1) is 0 Å². The van der Waals surface area contributed by atoms with Crippen LogP contribution in [0.5, 0.6) is 0 Å². The van der Waals surface area contributed by atoms with E-state index in [0.29, 0.717) is 0 Å². The smallest absolute Gasteiger partial charge is 0.333 e. The van der Waals surface area contributed by atoms with E-state index in [1.54, 1.807) is 0 Å². The van der Waals surface area contributed by atoms with Crippen molar-refractivity contribution in [3.05, 3.63) is 0 Å². The van der Waals surface area contributed by atoms with E-state index in [9.17, 15) is 9.59 Å². The van der Waals surface area contributed by atoms with Crippen molar-refractivity contribution >= 4 is 41.5 Å². The summed E-state index contributed by atoms with van der Waals surface area (Å²) in [5.41, 5.74) is 0. The van der Waals surface area contributed by atoms with Crippen LogP contribution in [0.25, 0.3) is 0 Å². The van der Waals surface area contributed by atoms with Crippen molar-refractivity contribution in [2.45, 2.75) is 12.5 Å². The fourth-order valence-electron chi connectivity index (χ4n) is 0.253. The molecule has 1 atom stereocenters. The van der Waals surface area contributed by atoms with Gasteiger partial charge in [0.15, 0.2) is 6.10 Å². The molecule has 5 nitrogen and oxygen atoms in total. The molecule has 0 aromatic carbocycles. The van der Waals surface area contributed by atoms with Gasteiger partial charge in [-0.3, -0.25) is 4.79 Å². The second-order valence-electron chi connectivity index (χ2n) is 1.45. The fraction of sp³-hybridized carbons (Fsp3) is 0.500. The molecule has 0 aromatic heterocycles. The quantitative estimate of drug-likeness (QED) is 0.434. The third-order valence-electron chi connectivity index (χ3n) is 0.653. The van der Waals surface area contributed by atoms with E-state index in [-0.39, 0.29) is 29.6 Å². The Morgan fingerprint density at radius 2 is 1.70 bits per heavy atom. The summed E-state index contributed by atoms with van der Waals surface area (Å²) in [7, 11) is 0. The predicted molar refractivity (Wildman–Crippen MR) is 31.6 cm³/mol. The summed E-state index contributed by atoms with van der Waals surface area (Å²) in [6.07, 6.45) is -2.54. The van der Waals surface area contributed by atoms with E-state index in [2.05, 4.69) is 0 Å². The maximum atomic E-state index is 9.72. The number of aliphatic hydroxyl groups is 1. The van der Waals surface area contributed by atoms with Crippen molar-refractivity contribution in [2.75, 3.05) is 0 Å². The van der Waals surface area contributed by atoms with Gasteiger partial charge in [-0.1, -0.05) is 0 Å². The molecule has 0 saturated carbocycles. The normalized spacial score (nSPS) is 11.3. The molecule has 3 N–H and O–H groups in total. The third-order valence-corrected chi connectivity index (χ3v) is 0.653. The number of aliphatic hydroxyl groups excluding tert-OH is 1. The first kappa shape index (κ1) is 12.6. The molecule has 6 heteroatoms. The molecule has 53 valence electrons. The second kappa shape index (κ2) is 5.67. The summed E-state index contributed by atoms with van der Waals surface area (Å²) in [6.45, 7) is 0. The Labute approximate surface area is 79.0 Å². The van der Waals surface area contributed by atoms with E-state index < -0.39 is 24.5 Å². The zero-order valence-electron chi connectivity index (χ0n) is 5.44. The van der Waals surface area contributed by atoms with Crippen LogP contribution in [0.3, 0.4) is 0 Å². The standard InChI is InChI=1S/C4H6O5.Na/c5-2(4(8)9)1-3(6)7;/h2,5H,1H2,(H,6,7)(H,8,9);/t2-;/m1./s1. The van der Waals surface area contributed by atoms with Crippen LogP contribution in [0, 0.1) is 0 Å². The average Bonchev–Trinajstić information content (AvgIpc) is 1.63. The number of carbonyl (C=O) groups is 2. The molecule has 0 aliphatic carbocycles. The molecular weight excluding hydrogens is 151 g/mol. The van der Waals surface area contributed by atoms with E-state index in [0.717, 1.165) is 0 Å². The average molecular weight is 157 g/mol. The Balaban J connectivity index is 0. The first-order chi connectivity index (χ1) is 4.04. The third kappa shape index (κ3) is 6.03. The van der Waals surface area contributed by atoms with Crippen LogP contribution in [-0.2, 0) is 9.59 Å². The number of hydrogen-bond acceptors (Lipinski definition) is 3. The molecule has 0 fully saturated rings. The van der Waals surface area contributed by atoms with E-state index in [1.165, 1.54) is 0 Å². The summed E-state index contributed by atoms with van der Waals surface area (Å²) >= 11 is 0. The van der Waals surface area contributed by atoms with E-state index >= 15 is 0 Å². The first-order valence-electron chi connectivity index (χ1n) is 2.16. The van der Waals surface area contributed by atoms with Gasteiger partial charge in [-0.05, 0) is 0 Å². The molecule has 0 bridgehead atoms. The van der Waals surface area contributed by atoms with Gasteiger partial charge in [0.25, 0.3) is 0 Å². The van der Waals surface area contributed by atoms with Crippen molar-refractivity contribution in [1.29, 1.82) is 0 Å². The zero-order valence-corrected chi connectivity index (χ0v) is 7.44. The number of hydrogen-bond donors (Lipinski definition) is 3. The van der Waals surface area contributed by atoms with Crippen LogP contribution in [0.2, 0.25) is 0 Å². The van der Waals surface area contributed by atoms with Crippen molar-refractivity contribution in [2.24, 2.45) is 0 Å². The SMILES string of the molecule is O=C(O)C[C@@H](O)C(=O)O.[Na]. The van der Waals surface area contributed by atoms with Gasteiger partial charge in [0, 0.05) is 29.6 Å². The number of aliphatic carboxylic acids is 2. The van der Waals surface area contributed by atoms with Gasteiger partial charge >= 0.3 is 11.9 Å². The molecule has 0 aliphatic heterocycles. The van der Waals surface area contributed by atoms with E-state index in [4.69, 9.17) is 15.3 Å². The Bertz CT molecular complexity index is 134. The van der Waals surface area contributed by atoms with Crippen molar-refractivity contribution < 1.29 is 24.9 Å². The topological polar surface area (TPSA) is 94.8 Å². The van der Waals surface area contributed by atoms with Crippen LogP contribution in [0.15, 0.2) is 0 Å². The summed E-state index contributed by atoms with van der Waals surface area (Å²) < 4.78 is 0. The minimum atomic E-state index is -1.79. The van der Waals surface area contributed by atoms with Crippen LogP contribution in [-0.4, -0.2) is 62.9 Å². The van der Waals surface area contributed by atoms with E-state index in [1.807, 2.05) is 0 Å². The van der Waals surface area contributed by atoms with Crippen LogP contribution in [0.1, 0.15) is 6.42 Å². The van der Waals surface area contributed by atoms with Gasteiger partial charge in [-0.25, -0.2) is 4.79 Å². The molecule has 0 spiro atoms. The largest absolute Gasteiger partial charge is 0.481 e. The van der Waals surface area contributed by atoms with Crippen LogP contribution >= 0.6 is 0 Å². The maximum absolute atomic E-state index is 9.72. The maximum Gasteiger partial charge on any atom is 0.333 e. The van der Waals surface area contributed by atoms with Crippen LogP contribution < -0.4 is 0 Å². The molecule has 0 aromatic rings. The zero-order chi connectivity index (χ0) is 7.44. The molecule has 10 heavy (non-hydrogen) atoms. The molecule has 1 radical (unpaired) electrons. The van der Waals surface area contributed by atoms with Crippen molar-refractivity contribution in [1.82, 2.24) is 0 Å². The van der Waals surface area contributed by atoms with Gasteiger partial charge in [0.2, 0.25) is 0 Å². The molecule has 0 aliphatic rings. The van der Waals surface area contributed by atoms with Gasteiger partial charge in [0.1, 0.15) is 0 Å². The number of carboxylic acid groups (broad SMARTS) is 2. The summed E-state index contributed by atoms with van der Waals surface area (Å²) in [4.78, 5) is 19.4. The van der Waals surface area contributed by atoms with Gasteiger partial charge < -0.3 is 15.3 Å². The monoisotopic (exact) mass is 157 g/mol. The Hall–Kier alpha value is -0.100. The summed E-state index contributed by atoms with van der Waals surface area (Å²) in [6, 6.07) is 0. The van der Waals surface area contributed by atoms with Crippen molar-refractivity contribution in [3.63, 3.8) is 0 Å². The van der Waals surface area contributed by atoms with Gasteiger partial charge in [0.05, 0.1) is 6.42 Å². The Morgan fingerprint density at radius 3 is 1.80 bits per heavy atom. The molecule has 0 saturated heterocycles. The number of carboxylic acids is 2. The fourth-order valence-corrected chi connectivity index (χ4v) is 0.253. The summed E-state index contributed by atoms with van der Waals surface area (Å²) in [5.74, 6) is -2.85. The molecule has 0 unspecified atom stereocenters. The van der Waals surface area contributed by atoms with Gasteiger partial charge in [-0.2, -0.15) is 0 Å². The summed E-state index contributed by atoms with van der Waals surface area (Å²) in [5, 5.41) is 24.1. The molecule has 0 heterocycles. The Morgan fingerprint density at radius 1 is 1.30 bits per heavy atom. The van der Waals surface area contributed by atoms with Crippen LogP contribution in [0.4, 0.5) is 0 Å². The minimum Gasteiger partial charge on any atom is -0.481 e. The molecule has 0 rings (SSSR count). The number of rotatable bonds is 3. The molecular formula is C4H6NaO5. The minimum absolute atomic E-state index is 0. The Kier molecular flexibility index (Phi) is 7.12. The van der Waals surface area contributed by atoms with Crippen molar-refractivity contribution in [3.8, 4) is 0 Å². The second-order valence-corrected chi connectivity index (χ2v) is 1.45. The predicted octanol–water partition coefficient (Wildman–Crippen LogP) is -1.47.